The summed E-state index contributed by atoms with van der Waals surface area (Å²) in [6.07, 6.45) is 0. The Balaban J connectivity index is 0.924. The second-order valence-corrected chi connectivity index (χ2v) is 17.3. The Morgan fingerprint density at radius 3 is 0.971 bits per heavy atom. The molecule has 324 valence electrons. The van der Waals surface area contributed by atoms with Crippen molar-refractivity contribution in [1.82, 2.24) is 14.8 Å². The molecule has 0 N–H and O–H groups in total. The van der Waals surface area contributed by atoms with Gasteiger partial charge >= 0.3 is 0 Å². The molecule has 0 radical (unpaired) electrons. The number of para-hydroxylation sites is 1. The average molecular weight is 873 g/mol. The minimum Gasteiger partial charge on any atom is -0.311 e. The maximum atomic E-state index is 4.75. The zero-order valence-electron chi connectivity index (χ0n) is 38.0. The number of aryl methyl sites for hydroxylation is 2. The maximum absolute atomic E-state index is 4.75. The van der Waals surface area contributed by atoms with E-state index in [1.807, 2.05) is 36.4 Å². The van der Waals surface area contributed by atoms with Crippen molar-refractivity contribution in [3.63, 3.8) is 0 Å². The SMILES string of the molecule is Cc1ccc(-c2ccc(N(c3ccc(-c4ccc(C)cc4)cc3)c3ccc(-c4ccccc4-c4ccccc4-c4ccc(-c5nnc(-c6ccccc6)n5-c5ccccc5)cc4)cc3)cc2)cc1. The summed E-state index contributed by atoms with van der Waals surface area (Å²) < 4.78 is 2.14. The van der Waals surface area contributed by atoms with E-state index in [1.165, 1.54) is 50.1 Å². The van der Waals surface area contributed by atoms with Crippen LogP contribution in [-0.4, -0.2) is 14.8 Å². The van der Waals surface area contributed by atoms with Crippen LogP contribution in [0.25, 0.3) is 84.1 Å². The van der Waals surface area contributed by atoms with Crippen LogP contribution in [0.5, 0.6) is 0 Å². The van der Waals surface area contributed by atoms with Crippen LogP contribution in [0.3, 0.4) is 0 Å². The topological polar surface area (TPSA) is 34.0 Å². The molecule has 4 heteroatoms. The molecule has 0 aliphatic heterocycles. The molecule has 1 heterocycles. The molecule has 1 aromatic heterocycles. The second-order valence-electron chi connectivity index (χ2n) is 17.3. The van der Waals surface area contributed by atoms with E-state index in [1.54, 1.807) is 0 Å². The van der Waals surface area contributed by atoms with Gasteiger partial charge in [0.25, 0.3) is 0 Å². The first kappa shape index (κ1) is 41.8. The van der Waals surface area contributed by atoms with Crippen LogP contribution in [0.2, 0.25) is 0 Å². The lowest BCUT2D eigenvalue weighted by Gasteiger charge is -2.26. The molecule has 68 heavy (non-hydrogen) atoms. The molecule has 0 saturated heterocycles. The number of rotatable bonds is 11. The minimum atomic E-state index is 0.792. The van der Waals surface area contributed by atoms with E-state index in [0.717, 1.165) is 62.2 Å². The molecule has 0 unspecified atom stereocenters. The fourth-order valence-electron chi connectivity index (χ4n) is 9.14. The number of nitrogens with zero attached hydrogens (tertiary/aromatic N) is 4. The molecule has 0 aliphatic carbocycles. The van der Waals surface area contributed by atoms with E-state index in [4.69, 9.17) is 10.2 Å². The summed E-state index contributed by atoms with van der Waals surface area (Å²) in [5.74, 6) is 1.60. The van der Waals surface area contributed by atoms with E-state index < -0.39 is 0 Å². The predicted molar refractivity (Wildman–Crippen MR) is 284 cm³/mol. The summed E-state index contributed by atoms with van der Waals surface area (Å²) in [5.41, 5.74) is 20.5. The van der Waals surface area contributed by atoms with Crippen LogP contribution in [0.4, 0.5) is 17.1 Å². The summed E-state index contributed by atoms with van der Waals surface area (Å²) in [5, 5.41) is 9.45. The van der Waals surface area contributed by atoms with Crippen molar-refractivity contribution in [3.05, 3.63) is 266 Å². The third kappa shape index (κ3) is 8.43. The van der Waals surface area contributed by atoms with Gasteiger partial charge < -0.3 is 4.90 Å². The van der Waals surface area contributed by atoms with Gasteiger partial charge in [0.05, 0.1) is 0 Å². The summed E-state index contributed by atoms with van der Waals surface area (Å²) in [6.45, 7) is 4.25. The molecule has 0 fully saturated rings. The van der Waals surface area contributed by atoms with Crippen molar-refractivity contribution in [2.75, 3.05) is 4.90 Å². The van der Waals surface area contributed by atoms with Crippen molar-refractivity contribution in [2.24, 2.45) is 0 Å². The molecule has 0 amide bonds. The Morgan fingerprint density at radius 1 is 0.265 bits per heavy atom. The first-order chi connectivity index (χ1) is 33.5. The lowest BCUT2D eigenvalue weighted by Crippen LogP contribution is -2.09. The first-order valence-corrected chi connectivity index (χ1v) is 23.1. The summed E-state index contributed by atoms with van der Waals surface area (Å²) in [4.78, 5) is 2.34. The molecule has 11 rings (SSSR count). The Bertz CT molecular complexity index is 3360. The highest BCUT2D eigenvalue weighted by Gasteiger charge is 2.19. The van der Waals surface area contributed by atoms with Gasteiger partial charge in [-0.1, -0.05) is 217 Å². The molecule has 10 aromatic carbocycles. The Morgan fingerprint density at radius 2 is 0.559 bits per heavy atom. The monoisotopic (exact) mass is 872 g/mol. The standard InChI is InChI=1S/C64H48N4/c1-45-21-25-47(26-22-45)49-33-39-56(40-34-49)67(57-41-35-50(36-42-57)48-27-23-46(2)24-28-48)58-43-37-52(38-44-58)60-18-10-12-20-62(60)61-19-11-9-17-59(61)51-29-31-54(32-30-51)64-66-65-63(53-13-5-3-6-14-53)68(64)55-15-7-4-8-16-55/h3-44H,1-2H3. The Kier molecular flexibility index (Phi) is 11.4. The maximum Gasteiger partial charge on any atom is 0.168 e. The van der Waals surface area contributed by atoms with Crippen LogP contribution in [-0.2, 0) is 0 Å². The van der Waals surface area contributed by atoms with Crippen molar-refractivity contribution in [3.8, 4) is 84.1 Å². The predicted octanol–water partition coefficient (Wildman–Crippen LogP) is 17.0. The van der Waals surface area contributed by atoms with Crippen LogP contribution in [0.15, 0.2) is 255 Å². The van der Waals surface area contributed by atoms with Gasteiger partial charge in [-0.05, 0) is 118 Å². The zero-order valence-corrected chi connectivity index (χ0v) is 38.0. The number of hydrogen-bond donors (Lipinski definition) is 0. The Labute approximate surface area is 398 Å². The number of anilines is 3. The number of hydrogen-bond acceptors (Lipinski definition) is 3. The smallest absolute Gasteiger partial charge is 0.168 e. The van der Waals surface area contributed by atoms with E-state index in [-0.39, 0.29) is 0 Å². The molecule has 0 aliphatic rings. The third-order valence-electron chi connectivity index (χ3n) is 12.8. The van der Waals surface area contributed by atoms with Gasteiger partial charge in [-0.25, -0.2) is 0 Å². The summed E-state index contributed by atoms with van der Waals surface area (Å²) >= 11 is 0. The van der Waals surface area contributed by atoms with Gasteiger partial charge in [0.15, 0.2) is 11.6 Å². The van der Waals surface area contributed by atoms with Crippen molar-refractivity contribution < 1.29 is 0 Å². The highest BCUT2D eigenvalue weighted by Crippen LogP contribution is 2.42. The molecule has 0 spiro atoms. The van der Waals surface area contributed by atoms with Crippen LogP contribution >= 0.6 is 0 Å². The van der Waals surface area contributed by atoms with E-state index >= 15 is 0 Å². The van der Waals surface area contributed by atoms with Gasteiger partial charge in [-0.3, -0.25) is 4.57 Å². The molecular formula is C64H48N4. The zero-order chi connectivity index (χ0) is 45.8. The van der Waals surface area contributed by atoms with Crippen molar-refractivity contribution in [1.29, 1.82) is 0 Å². The van der Waals surface area contributed by atoms with Crippen LogP contribution < -0.4 is 4.90 Å². The largest absolute Gasteiger partial charge is 0.311 e. The molecule has 11 aromatic rings. The van der Waals surface area contributed by atoms with Gasteiger partial charge in [-0.2, -0.15) is 0 Å². The molecule has 4 nitrogen and oxygen atoms in total. The molecule has 0 bridgehead atoms. The fourth-order valence-corrected chi connectivity index (χ4v) is 9.14. The summed E-state index contributed by atoms with van der Waals surface area (Å²) in [6, 6.07) is 91.0. The molecule has 0 saturated carbocycles. The van der Waals surface area contributed by atoms with Gasteiger partial charge in [0, 0.05) is 33.9 Å². The highest BCUT2D eigenvalue weighted by molar-refractivity contribution is 5.92. The van der Waals surface area contributed by atoms with E-state index in [9.17, 15) is 0 Å². The first-order valence-electron chi connectivity index (χ1n) is 23.1. The average Bonchev–Trinajstić information content (AvgIpc) is 3.86. The second kappa shape index (κ2) is 18.6. The van der Waals surface area contributed by atoms with Gasteiger partial charge in [0.2, 0.25) is 0 Å². The van der Waals surface area contributed by atoms with Crippen LogP contribution in [0, 0.1) is 13.8 Å². The fraction of sp³-hybridized carbons (Fsp3) is 0.0312. The summed E-state index contributed by atoms with van der Waals surface area (Å²) in [7, 11) is 0. The van der Waals surface area contributed by atoms with Crippen molar-refractivity contribution >= 4 is 17.1 Å². The number of aromatic nitrogens is 3. The lowest BCUT2D eigenvalue weighted by molar-refractivity contribution is 1.07. The Hall–Kier alpha value is -8.86. The number of benzene rings is 10. The van der Waals surface area contributed by atoms with Crippen molar-refractivity contribution in [2.45, 2.75) is 13.8 Å². The van der Waals surface area contributed by atoms with Crippen LogP contribution in [0.1, 0.15) is 11.1 Å². The van der Waals surface area contributed by atoms with Gasteiger partial charge in [-0.15, -0.1) is 10.2 Å². The quantitative estimate of drug-likeness (QED) is 0.130. The van der Waals surface area contributed by atoms with E-state index in [0.29, 0.717) is 0 Å². The van der Waals surface area contributed by atoms with E-state index in [2.05, 4.69) is 242 Å². The molecule has 0 atom stereocenters. The van der Waals surface area contributed by atoms with Gasteiger partial charge in [0.1, 0.15) is 0 Å². The minimum absolute atomic E-state index is 0.792. The highest BCUT2D eigenvalue weighted by atomic mass is 15.3. The lowest BCUT2D eigenvalue weighted by atomic mass is 9.89. The normalized spacial score (nSPS) is 11.1. The molecular weight excluding hydrogens is 825 g/mol. The third-order valence-corrected chi connectivity index (χ3v) is 12.8.